The summed E-state index contributed by atoms with van der Waals surface area (Å²) in [6, 6.07) is 11.6. The van der Waals surface area contributed by atoms with Crippen molar-refractivity contribution < 1.29 is 13.9 Å². The number of carbonyl (C=O) groups is 1. The van der Waals surface area contributed by atoms with Crippen LogP contribution in [0.4, 0.5) is 0 Å². The van der Waals surface area contributed by atoms with E-state index in [1.165, 1.54) is 6.26 Å². The number of carbonyl (C=O) groups excluding carboxylic acids is 1. The lowest BCUT2D eigenvalue weighted by molar-refractivity contribution is 0.0657. The number of nitrogens with zero attached hydrogens (tertiary/aromatic N) is 3. The van der Waals surface area contributed by atoms with Crippen molar-refractivity contribution in [1.29, 1.82) is 0 Å². The zero-order valence-electron chi connectivity index (χ0n) is 18.1. The minimum absolute atomic E-state index is 0.0557. The van der Waals surface area contributed by atoms with Crippen LogP contribution in [0.1, 0.15) is 36.9 Å². The van der Waals surface area contributed by atoms with Gasteiger partial charge in [0.05, 0.1) is 19.4 Å². The summed E-state index contributed by atoms with van der Waals surface area (Å²) in [6.45, 7) is 11.2. The summed E-state index contributed by atoms with van der Waals surface area (Å²) in [7, 11) is 0. The molecule has 7 heteroatoms. The molecule has 1 aliphatic rings. The van der Waals surface area contributed by atoms with E-state index < -0.39 is 0 Å². The van der Waals surface area contributed by atoms with E-state index in [1.807, 2.05) is 17.0 Å². The van der Waals surface area contributed by atoms with Gasteiger partial charge in [0, 0.05) is 32.7 Å². The lowest BCUT2D eigenvalue weighted by Gasteiger charge is -2.36. The van der Waals surface area contributed by atoms with Crippen molar-refractivity contribution in [2.45, 2.75) is 27.3 Å². The molecule has 2 heterocycles. The van der Waals surface area contributed by atoms with Crippen molar-refractivity contribution in [2.75, 3.05) is 39.3 Å². The molecule has 30 heavy (non-hydrogen) atoms. The molecule has 0 bridgehead atoms. The Hall–Kier alpha value is -2.96. The molecule has 0 atom stereocenters. The minimum Gasteiger partial charge on any atom is -0.493 e. The average Bonchev–Trinajstić information content (AvgIpc) is 3.30. The second kappa shape index (κ2) is 10.7. The van der Waals surface area contributed by atoms with E-state index >= 15 is 0 Å². The molecule has 1 aromatic carbocycles. The highest BCUT2D eigenvalue weighted by Gasteiger charge is 2.25. The molecule has 0 aliphatic carbocycles. The third kappa shape index (κ3) is 6.02. The predicted octanol–water partition coefficient (Wildman–Crippen LogP) is 3.24. The van der Waals surface area contributed by atoms with E-state index in [2.05, 4.69) is 43.1 Å². The van der Waals surface area contributed by atoms with Crippen LogP contribution in [0.25, 0.3) is 0 Å². The predicted molar refractivity (Wildman–Crippen MR) is 118 cm³/mol. The number of aliphatic imine (C=N–C) groups is 1. The zero-order valence-corrected chi connectivity index (χ0v) is 18.1. The summed E-state index contributed by atoms with van der Waals surface area (Å²) >= 11 is 0. The van der Waals surface area contributed by atoms with Crippen LogP contribution in [-0.4, -0.2) is 61.0 Å². The largest absolute Gasteiger partial charge is 0.493 e. The number of guanidine groups is 1. The van der Waals surface area contributed by atoms with Crippen LogP contribution in [0, 0.1) is 5.92 Å². The van der Waals surface area contributed by atoms with E-state index in [9.17, 15) is 4.79 Å². The number of rotatable bonds is 7. The van der Waals surface area contributed by atoms with Gasteiger partial charge < -0.3 is 24.3 Å². The molecular formula is C23H32N4O3. The Kier molecular flexibility index (Phi) is 7.76. The van der Waals surface area contributed by atoms with Gasteiger partial charge >= 0.3 is 0 Å². The molecule has 162 valence electrons. The van der Waals surface area contributed by atoms with Gasteiger partial charge in [-0.3, -0.25) is 4.79 Å². The van der Waals surface area contributed by atoms with Crippen LogP contribution in [0.2, 0.25) is 0 Å². The van der Waals surface area contributed by atoms with E-state index in [-0.39, 0.29) is 5.91 Å². The summed E-state index contributed by atoms with van der Waals surface area (Å²) in [6.07, 6.45) is 1.53. The average molecular weight is 413 g/mol. The van der Waals surface area contributed by atoms with Crippen LogP contribution in [0.3, 0.4) is 0 Å². The molecule has 0 spiro atoms. The van der Waals surface area contributed by atoms with Crippen LogP contribution in [0.5, 0.6) is 5.75 Å². The van der Waals surface area contributed by atoms with Crippen molar-refractivity contribution in [3.05, 3.63) is 54.0 Å². The highest BCUT2D eigenvalue weighted by molar-refractivity contribution is 5.91. The number of nitrogens with one attached hydrogen (secondary N) is 1. The number of furan rings is 1. The molecular weight excluding hydrogens is 380 g/mol. The quantitative estimate of drug-likeness (QED) is 0.558. The molecule has 0 unspecified atom stereocenters. The van der Waals surface area contributed by atoms with Gasteiger partial charge in [0.1, 0.15) is 5.75 Å². The van der Waals surface area contributed by atoms with Crippen molar-refractivity contribution in [1.82, 2.24) is 15.1 Å². The van der Waals surface area contributed by atoms with Gasteiger partial charge in [-0.25, -0.2) is 4.99 Å². The zero-order chi connectivity index (χ0) is 21.3. The van der Waals surface area contributed by atoms with E-state index in [1.54, 1.807) is 12.1 Å². The number of amides is 1. The Bertz CT molecular complexity index is 825. The van der Waals surface area contributed by atoms with E-state index in [4.69, 9.17) is 14.1 Å². The summed E-state index contributed by atoms with van der Waals surface area (Å²) in [5.41, 5.74) is 1.11. The monoisotopic (exact) mass is 412 g/mol. The van der Waals surface area contributed by atoms with E-state index in [0.717, 1.165) is 36.9 Å². The molecule has 1 aliphatic heterocycles. The Labute approximate surface area is 178 Å². The van der Waals surface area contributed by atoms with Crippen molar-refractivity contribution in [2.24, 2.45) is 10.9 Å². The maximum atomic E-state index is 12.5. The second-order valence-electron chi connectivity index (χ2n) is 7.78. The van der Waals surface area contributed by atoms with Crippen LogP contribution in [-0.2, 0) is 6.54 Å². The first-order valence-corrected chi connectivity index (χ1v) is 10.6. The smallest absolute Gasteiger partial charge is 0.289 e. The number of hydrogen-bond acceptors (Lipinski definition) is 4. The first-order chi connectivity index (χ1) is 14.6. The lowest BCUT2D eigenvalue weighted by Crippen LogP contribution is -2.53. The summed E-state index contributed by atoms with van der Waals surface area (Å²) in [5.74, 6) is 2.58. The number of benzene rings is 1. The van der Waals surface area contributed by atoms with Crippen molar-refractivity contribution in [3.8, 4) is 5.75 Å². The van der Waals surface area contributed by atoms with Crippen molar-refractivity contribution in [3.63, 3.8) is 0 Å². The molecule has 1 saturated heterocycles. The maximum Gasteiger partial charge on any atom is 0.289 e. The third-order valence-corrected chi connectivity index (χ3v) is 4.83. The van der Waals surface area contributed by atoms with Crippen molar-refractivity contribution >= 4 is 11.9 Å². The van der Waals surface area contributed by atoms with Gasteiger partial charge in [-0.1, -0.05) is 26.0 Å². The maximum absolute atomic E-state index is 12.5. The first-order valence-electron chi connectivity index (χ1n) is 10.6. The third-order valence-electron chi connectivity index (χ3n) is 4.83. The molecule has 0 saturated carbocycles. The van der Waals surface area contributed by atoms with Crippen LogP contribution in [0.15, 0.2) is 52.1 Å². The fraction of sp³-hybridized carbons (Fsp3) is 0.478. The standard InChI is InChI=1S/C23H32N4O3/c1-4-24-23(25-16-19-7-5-8-20(15-19)30-17-18(2)3)27-12-10-26(11-13-27)22(28)21-9-6-14-29-21/h5-9,14-15,18H,4,10-13,16-17H2,1-3H3,(H,24,25). The molecule has 1 amide bonds. The Morgan fingerprint density at radius 1 is 1.17 bits per heavy atom. The molecule has 1 N–H and O–H groups in total. The number of piperazine rings is 1. The lowest BCUT2D eigenvalue weighted by atomic mass is 10.2. The Morgan fingerprint density at radius 2 is 1.93 bits per heavy atom. The van der Waals surface area contributed by atoms with Gasteiger partial charge in [-0.2, -0.15) is 0 Å². The summed E-state index contributed by atoms with van der Waals surface area (Å²) in [4.78, 5) is 21.3. The molecule has 7 nitrogen and oxygen atoms in total. The molecule has 1 aromatic heterocycles. The van der Waals surface area contributed by atoms with Gasteiger partial charge in [0.15, 0.2) is 11.7 Å². The summed E-state index contributed by atoms with van der Waals surface area (Å²) in [5, 5.41) is 3.37. The van der Waals surface area contributed by atoms with Crippen LogP contribution < -0.4 is 10.1 Å². The molecule has 3 rings (SSSR count). The van der Waals surface area contributed by atoms with Gasteiger partial charge in [-0.05, 0) is 42.7 Å². The SMILES string of the molecule is CCNC(=NCc1cccc(OCC(C)C)c1)N1CCN(C(=O)c2ccco2)CC1. The molecule has 0 radical (unpaired) electrons. The van der Waals surface area contributed by atoms with Gasteiger partial charge in [0.25, 0.3) is 5.91 Å². The number of ether oxygens (including phenoxy) is 1. The molecule has 2 aromatic rings. The highest BCUT2D eigenvalue weighted by Crippen LogP contribution is 2.16. The Balaban J connectivity index is 1.58. The topological polar surface area (TPSA) is 70.3 Å². The summed E-state index contributed by atoms with van der Waals surface area (Å²) < 4.78 is 11.1. The minimum atomic E-state index is -0.0557. The fourth-order valence-corrected chi connectivity index (χ4v) is 3.27. The first kappa shape index (κ1) is 21.7. The van der Waals surface area contributed by atoms with Gasteiger partial charge in [-0.15, -0.1) is 0 Å². The molecule has 1 fully saturated rings. The van der Waals surface area contributed by atoms with E-state index in [0.29, 0.717) is 37.9 Å². The Morgan fingerprint density at radius 3 is 2.60 bits per heavy atom. The fourth-order valence-electron chi connectivity index (χ4n) is 3.27. The number of hydrogen-bond donors (Lipinski definition) is 1. The normalized spacial score (nSPS) is 14.9. The van der Waals surface area contributed by atoms with Crippen LogP contribution >= 0.6 is 0 Å². The second-order valence-corrected chi connectivity index (χ2v) is 7.78. The highest BCUT2D eigenvalue weighted by atomic mass is 16.5. The van der Waals surface area contributed by atoms with Gasteiger partial charge in [0.2, 0.25) is 0 Å².